The lowest BCUT2D eigenvalue weighted by Crippen LogP contribution is -2.74. The maximum absolute atomic E-state index is 13.0. The van der Waals surface area contributed by atoms with Crippen molar-refractivity contribution in [3.8, 4) is 0 Å². The molecule has 2 aliphatic rings. The first-order valence-corrected chi connectivity index (χ1v) is 7.74. The first-order valence-electron chi connectivity index (χ1n) is 7.74. The number of piperazine rings is 1. The van der Waals surface area contributed by atoms with E-state index in [0.29, 0.717) is 13.0 Å². The van der Waals surface area contributed by atoms with Crippen molar-refractivity contribution < 1.29 is 14.3 Å². The van der Waals surface area contributed by atoms with Crippen LogP contribution < -0.4 is 5.32 Å². The zero-order valence-electron chi connectivity index (χ0n) is 14.1. The number of carbonyl (C=O) groups excluding carboxylic acids is 2. The molecule has 120 valence electrons. The van der Waals surface area contributed by atoms with Crippen molar-refractivity contribution in [1.82, 2.24) is 10.2 Å². The van der Waals surface area contributed by atoms with Crippen molar-refractivity contribution in [1.29, 1.82) is 0 Å². The molecule has 0 aromatic heterocycles. The third-order valence-corrected chi connectivity index (χ3v) is 5.18. The molecular formula is C16H28N2O3. The summed E-state index contributed by atoms with van der Waals surface area (Å²) in [5.74, 6) is 0.260. The lowest BCUT2D eigenvalue weighted by Gasteiger charge is -2.49. The van der Waals surface area contributed by atoms with Crippen molar-refractivity contribution in [3.05, 3.63) is 0 Å². The number of hydrogen-bond acceptors (Lipinski definition) is 3. The quantitative estimate of drug-likeness (QED) is 0.840. The van der Waals surface area contributed by atoms with Crippen LogP contribution in [-0.4, -0.2) is 47.0 Å². The highest BCUT2D eigenvalue weighted by Crippen LogP contribution is 2.43. The Labute approximate surface area is 127 Å². The summed E-state index contributed by atoms with van der Waals surface area (Å²) in [6.07, 6.45) is 2.73. The molecule has 0 radical (unpaired) electrons. The predicted octanol–water partition coefficient (Wildman–Crippen LogP) is 1.71. The van der Waals surface area contributed by atoms with E-state index < -0.39 is 11.1 Å². The summed E-state index contributed by atoms with van der Waals surface area (Å²) in [4.78, 5) is 27.2. The lowest BCUT2D eigenvalue weighted by molar-refractivity contribution is -0.162. The highest BCUT2D eigenvalue weighted by atomic mass is 16.5. The Balaban J connectivity index is 2.22. The molecule has 1 heterocycles. The second-order valence-electron chi connectivity index (χ2n) is 7.66. The molecule has 5 heteroatoms. The van der Waals surface area contributed by atoms with Gasteiger partial charge in [0.25, 0.3) is 0 Å². The first-order chi connectivity index (χ1) is 9.54. The average molecular weight is 296 g/mol. The second kappa shape index (κ2) is 4.97. The van der Waals surface area contributed by atoms with E-state index in [-0.39, 0.29) is 23.3 Å². The Morgan fingerprint density at radius 2 is 1.86 bits per heavy atom. The second-order valence-corrected chi connectivity index (χ2v) is 7.66. The smallest absolute Gasteiger partial charge is 0.249 e. The highest BCUT2D eigenvalue weighted by molar-refractivity contribution is 6.02. The van der Waals surface area contributed by atoms with Gasteiger partial charge in [0, 0.05) is 13.7 Å². The minimum Gasteiger partial charge on any atom is -0.379 e. The van der Waals surface area contributed by atoms with Gasteiger partial charge in [-0.2, -0.15) is 0 Å². The average Bonchev–Trinajstić information content (AvgIpc) is 3.21. The van der Waals surface area contributed by atoms with Crippen molar-refractivity contribution in [2.24, 2.45) is 5.92 Å². The van der Waals surface area contributed by atoms with E-state index in [2.05, 4.69) is 5.32 Å². The molecule has 2 rings (SSSR count). The monoisotopic (exact) mass is 296 g/mol. The van der Waals surface area contributed by atoms with Crippen LogP contribution in [0, 0.1) is 5.92 Å². The molecule has 0 spiro atoms. The van der Waals surface area contributed by atoms with Crippen LogP contribution in [0.4, 0.5) is 0 Å². The van der Waals surface area contributed by atoms with E-state index in [1.165, 1.54) is 0 Å². The summed E-state index contributed by atoms with van der Waals surface area (Å²) in [6.45, 7) is 10.0. The highest BCUT2D eigenvalue weighted by Gasteiger charge is 2.57. The Kier molecular flexibility index (Phi) is 3.85. The van der Waals surface area contributed by atoms with E-state index in [1.54, 1.807) is 12.0 Å². The fourth-order valence-corrected chi connectivity index (χ4v) is 2.90. The minimum absolute atomic E-state index is 0.0431. The SMILES string of the molecule is COC(C)(C)CCN1C(=O)C(C)(C2CC2)NC(=O)C1(C)C. The molecule has 0 aromatic rings. The van der Waals surface area contributed by atoms with Gasteiger partial charge in [0.2, 0.25) is 11.8 Å². The van der Waals surface area contributed by atoms with Gasteiger partial charge in [-0.1, -0.05) is 0 Å². The molecule has 1 unspecified atom stereocenters. The summed E-state index contributed by atoms with van der Waals surface area (Å²) >= 11 is 0. The van der Waals surface area contributed by atoms with Crippen LogP contribution in [-0.2, 0) is 14.3 Å². The first kappa shape index (κ1) is 16.3. The Hall–Kier alpha value is -1.10. The van der Waals surface area contributed by atoms with Crippen LogP contribution in [0.2, 0.25) is 0 Å². The van der Waals surface area contributed by atoms with Gasteiger partial charge in [-0.15, -0.1) is 0 Å². The molecule has 21 heavy (non-hydrogen) atoms. The van der Waals surface area contributed by atoms with E-state index >= 15 is 0 Å². The molecule has 1 aliphatic heterocycles. The third kappa shape index (κ3) is 2.80. The van der Waals surface area contributed by atoms with E-state index in [4.69, 9.17) is 4.74 Å². The van der Waals surface area contributed by atoms with Gasteiger partial charge >= 0.3 is 0 Å². The number of carbonyl (C=O) groups is 2. The molecule has 0 bridgehead atoms. The van der Waals surface area contributed by atoms with Gasteiger partial charge in [0.1, 0.15) is 11.1 Å². The van der Waals surface area contributed by atoms with Gasteiger partial charge in [0.15, 0.2) is 0 Å². The lowest BCUT2D eigenvalue weighted by atomic mass is 9.84. The normalized spacial score (nSPS) is 29.5. The van der Waals surface area contributed by atoms with Crippen LogP contribution in [0.15, 0.2) is 0 Å². The van der Waals surface area contributed by atoms with E-state index in [1.807, 2.05) is 34.6 Å². The summed E-state index contributed by atoms with van der Waals surface area (Å²) in [5, 5.41) is 2.97. The van der Waals surface area contributed by atoms with Crippen molar-refractivity contribution in [2.45, 2.75) is 70.6 Å². The Morgan fingerprint density at radius 3 is 2.33 bits per heavy atom. The van der Waals surface area contributed by atoms with Gasteiger partial charge in [-0.05, 0) is 59.8 Å². The van der Waals surface area contributed by atoms with Crippen molar-refractivity contribution in [2.75, 3.05) is 13.7 Å². The summed E-state index contributed by atoms with van der Waals surface area (Å²) in [5.41, 5.74) is -1.85. The summed E-state index contributed by atoms with van der Waals surface area (Å²) in [6, 6.07) is 0. The number of rotatable bonds is 5. The zero-order chi connectivity index (χ0) is 16.1. The molecule has 1 saturated heterocycles. The Bertz CT molecular complexity index is 454. The van der Waals surface area contributed by atoms with Crippen LogP contribution in [0.5, 0.6) is 0 Å². The number of hydrogen-bond donors (Lipinski definition) is 1. The summed E-state index contributed by atoms with van der Waals surface area (Å²) < 4.78 is 5.43. The largest absolute Gasteiger partial charge is 0.379 e. The molecule has 1 N–H and O–H groups in total. The van der Waals surface area contributed by atoms with E-state index in [0.717, 1.165) is 12.8 Å². The van der Waals surface area contributed by atoms with Crippen molar-refractivity contribution in [3.63, 3.8) is 0 Å². The third-order valence-electron chi connectivity index (χ3n) is 5.18. The molecule has 2 fully saturated rings. The minimum atomic E-state index is -0.810. The molecule has 1 aliphatic carbocycles. The Morgan fingerprint density at radius 1 is 1.29 bits per heavy atom. The summed E-state index contributed by atoms with van der Waals surface area (Å²) in [7, 11) is 1.67. The predicted molar refractivity (Wildman–Crippen MR) is 80.8 cm³/mol. The molecular weight excluding hydrogens is 268 g/mol. The van der Waals surface area contributed by atoms with Crippen LogP contribution >= 0.6 is 0 Å². The van der Waals surface area contributed by atoms with Gasteiger partial charge in [-0.25, -0.2) is 0 Å². The van der Waals surface area contributed by atoms with E-state index in [9.17, 15) is 9.59 Å². The molecule has 5 nitrogen and oxygen atoms in total. The number of nitrogens with one attached hydrogen (secondary N) is 1. The van der Waals surface area contributed by atoms with Crippen LogP contribution in [0.25, 0.3) is 0 Å². The fraction of sp³-hybridized carbons (Fsp3) is 0.875. The van der Waals surface area contributed by atoms with Crippen LogP contribution in [0.1, 0.15) is 53.9 Å². The molecule has 1 atom stereocenters. The van der Waals surface area contributed by atoms with Crippen molar-refractivity contribution >= 4 is 11.8 Å². The molecule has 1 saturated carbocycles. The molecule has 0 aromatic carbocycles. The fourth-order valence-electron chi connectivity index (χ4n) is 2.90. The number of nitrogens with zero attached hydrogens (tertiary/aromatic N) is 1. The topological polar surface area (TPSA) is 58.6 Å². The van der Waals surface area contributed by atoms with Crippen LogP contribution in [0.3, 0.4) is 0 Å². The number of ether oxygens (including phenoxy) is 1. The maximum Gasteiger partial charge on any atom is 0.249 e. The van der Waals surface area contributed by atoms with Gasteiger partial charge in [0.05, 0.1) is 5.60 Å². The number of amides is 2. The van der Waals surface area contributed by atoms with Gasteiger partial charge < -0.3 is 15.0 Å². The van der Waals surface area contributed by atoms with Gasteiger partial charge in [-0.3, -0.25) is 9.59 Å². The maximum atomic E-state index is 13.0. The standard InChI is InChI=1S/C16H28N2O3/c1-14(2,21-6)9-10-18-13(20)16(5,11-7-8-11)17-12(19)15(18,3)4/h11H,7-10H2,1-6H3,(H,17,19). The number of methoxy groups -OCH3 is 1. The zero-order valence-corrected chi connectivity index (χ0v) is 14.1. The molecule has 2 amide bonds.